The third kappa shape index (κ3) is 2.95. The van der Waals surface area contributed by atoms with Crippen molar-refractivity contribution in [3.8, 4) is 11.5 Å². The van der Waals surface area contributed by atoms with Crippen LogP contribution in [0.1, 0.15) is 25.0 Å². The van der Waals surface area contributed by atoms with Gasteiger partial charge in [0.25, 0.3) is 0 Å². The van der Waals surface area contributed by atoms with E-state index in [1.807, 2.05) is 0 Å². The van der Waals surface area contributed by atoms with Crippen LogP contribution in [0.2, 0.25) is 0 Å². The van der Waals surface area contributed by atoms with Gasteiger partial charge in [-0.15, -0.1) is 0 Å². The van der Waals surface area contributed by atoms with Crippen molar-refractivity contribution < 1.29 is 19.7 Å². The van der Waals surface area contributed by atoms with Gasteiger partial charge in [-0.05, 0) is 24.6 Å². The molecule has 0 aromatic heterocycles. The Kier molecular flexibility index (Phi) is 3.68. The predicted octanol–water partition coefficient (Wildman–Crippen LogP) is 1.41. The Hall–Kier alpha value is -1.55. The van der Waals surface area contributed by atoms with Crippen LogP contribution in [-0.2, 0) is 4.79 Å². The van der Waals surface area contributed by atoms with Crippen LogP contribution in [0.3, 0.4) is 0 Å². The van der Waals surface area contributed by atoms with E-state index in [-0.39, 0.29) is 23.7 Å². The SMILES string of the molecule is COc1cc([C@H](O)CC(C)=O)ccc1O. The molecule has 82 valence electrons. The summed E-state index contributed by atoms with van der Waals surface area (Å²) in [6.45, 7) is 1.42. The molecule has 1 aromatic carbocycles. The first-order valence-electron chi connectivity index (χ1n) is 4.59. The summed E-state index contributed by atoms with van der Waals surface area (Å²) < 4.78 is 4.89. The molecule has 1 rings (SSSR count). The quantitative estimate of drug-likeness (QED) is 0.788. The summed E-state index contributed by atoms with van der Waals surface area (Å²) in [5.74, 6) is 0.209. The lowest BCUT2D eigenvalue weighted by Gasteiger charge is -2.11. The first-order valence-corrected chi connectivity index (χ1v) is 4.59. The van der Waals surface area contributed by atoms with Crippen molar-refractivity contribution in [3.05, 3.63) is 23.8 Å². The summed E-state index contributed by atoms with van der Waals surface area (Å²) in [5.41, 5.74) is 0.555. The normalized spacial score (nSPS) is 12.2. The van der Waals surface area contributed by atoms with Crippen LogP contribution in [0.15, 0.2) is 18.2 Å². The zero-order valence-corrected chi connectivity index (χ0v) is 8.73. The first-order chi connectivity index (χ1) is 7.04. The molecule has 4 nitrogen and oxygen atoms in total. The number of methoxy groups -OCH3 is 1. The predicted molar refractivity (Wildman–Crippen MR) is 54.9 cm³/mol. The van der Waals surface area contributed by atoms with Gasteiger partial charge in [0.1, 0.15) is 5.78 Å². The van der Waals surface area contributed by atoms with Crippen LogP contribution < -0.4 is 4.74 Å². The molecule has 0 bridgehead atoms. The number of hydrogen-bond acceptors (Lipinski definition) is 4. The van der Waals surface area contributed by atoms with Crippen molar-refractivity contribution in [3.63, 3.8) is 0 Å². The van der Waals surface area contributed by atoms with E-state index in [2.05, 4.69) is 0 Å². The maximum absolute atomic E-state index is 10.8. The fraction of sp³-hybridized carbons (Fsp3) is 0.364. The van der Waals surface area contributed by atoms with Gasteiger partial charge in [-0.2, -0.15) is 0 Å². The monoisotopic (exact) mass is 210 g/mol. The lowest BCUT2D eigenvalue weighted by molar-refractivity contribution is -0.118. The molecule has 0 unspecified atom stereocenters. The molecule has 0 aliphatic carbocycles. The second kappa shape index (κ2) is 4.79. The Morgan fingerprint density at radius 1 is 1.53 bits per heavy atom. The van der Waals surface area contributed by atoms with Crippen LogP contribution in [0, 0.1) is 0 Å². The van der Waals surface area contributed by atoms with Gasteiger partial charge in [-0.3, -0.25) is 4.79 Å². The minimum Gasteiger partial charge on any atom is -0.504 e. The van der Waals surface area contributed by atoms with Gasteiger partial charge in [0, 0.05) is 6.42 Å². The van der Waals surface area contributed by atoms with Crippen LogP contribution in [-0.4, -0.2) is 23.1 Å². The average molecular weight is 210 g/mol. The number of aliphatic hydroxyl groups is 1. The summed E-state index contributed by atoms with van der Waals surface area (Å²) in [6.07, 6.45) is -0.787. The maximum Gasteiger partial charge on any atom is 0.160 e. The van der Waals surface area contributed by atoms with Crippen LogP contribution in [0.25, 0.3) is 0 Å². The van der Waals surface area contributed by atoms with Crippen LogP contribution in [0.5, 0.6) is 11.5 Å². The highest BCUT2D eigenvalue weighted by atomic mass is 16.5. The van der Waals surface area contributed by atoms with Gasteiger partial charge in [0.2, 0.25) is 0 Å². The molecule has 0 saturated heterocycles. The first kappa shape index (κ1) is 11.5. The fourth-order valence-electron chi connectivity index (χ4n) is 1.29. The highest BCUT2D eigenvalue weighted by Crippen LogP contribution is 2.29. The standard InChI is InChI=1S/C11H14O4/c1-7(12)5-10(14)8-3-4-9(13)11(6-8)15-2/h3-4,6,10,13-14H,5H2,1-2H3/t10-/m1/s1. The molecular formula is C11H14O4. The molecule has 0 saturated carbocycles. The number of ketones is 1. The molecule has 0 radical (unpaired) electrons. The number of phenols is 1. The highest BCUT2D eigenvalue weighted by molar-refractivity contribution is 5.76. The number of rotatable bonds is 4. The lowest BCUT2D eigenvalue weighted by Crippen LogP contribution is -2.03. The molecule has 0 aliphatic heterocycles. The van der Waals surface area contributed by atoms with Gasteiger partial charge in [-0.1, -0.05) is 6.07 Å². The van der Waals surface area contributed by atoms with Crippen molar-refractivity contribution in [2.24, 2.45) is 0 Å². The maximum atomic E-state index is 10.8. The molecule has 2 N–H and O–H groups in total. The largest absolute Gasteiger partial charge is 0.504 e. The van der Waals surface area contributed by atoms with Crippen molar-refractivity contribution in [1.82, 2.24) is 0 Å². The minimum atomic E-state index is -0.850. The zero-order chi connectivity index (χ0) is 11.4. The Labute approximate surface area is 88.1 Å². The second-order valence-corrected chi connectivity index (χ2v) is 3.35. The third-order valence-electron chi connectivity index (χ3n) is 2.07. The van der Waals surface area contributed by atoms with Gasteiger partial charge >= 0.3 is 0 Å². The lowest BCUT2D eigenvalue weighted by atomic mass is 10.0. The van der Waals surface area contributed by atoms with Crippen molar-refractivity contribution in [1.29, 1.82) is 0 Å². The van der Waals surface area contributed by atoms with E-state index in [0.717, 1.165) is 0 Å². The molecule has 0 spiro atoms. The summed E-state index contributed by atoms with van der Waals surface area (Å²) in [6, 6.07) is 4.51. The smallest absolute Gasteiger partial charge is 0.160 e. The summed E-state index contributed by atoms with van der Waals surface area (Å²) in [7, 11) is 1.43. The molecule has 4 heteroatoms. The molecular weight excluding hydrogens is 196 g/mol. The fourth-order valence-corrected chi connectivity index (χ4v) is 1.29. The van der Waals surface area contributed by atoms with Gasteiger partial charge in [0.15, 0.2) is 11.5 Å². The highest BCUT2D eigenvalue weighted by Gasteiger charge is 2.12. The number of ether oxygens (including phenoxy) is 1. The van der Waals surface area contributed by atoms with Gasteiger partial charge in [-0.25, -0.2) is 0 Å². The summed E-state index contributed by atoms with van der Waals surface area (Å²) in [4.78, 5) is 10.8. The Morgan fingerprint density at radius 3 is 2.73 bits per heavy atom. The summed E-state index contributed by atoms with van der Waals surface area (Å²) >= 11 is 0. The number of benzene rings is 1. The number of phenolic OH excluding ortho intramolecular Hbond substituents is 1. The molecule has 0 aliphatic rings. The van der Waals surface area contributed by atoms with E-state index < -0.39 is 6.10 Å². The van der Waals surface area contributed by atoms with E-state index in [9.17, 15) is 15.0 Å². The van der Waals surface area contributed by atoms with Crippen molar-refractivity contribution >= 4 is 5.78 Å². The molecule has 1 aromatic rings. The topological polar surface area (TPSA) is 66.8 Å². The van der Waals surface area contributed by atoms with E-state index in [1.54, 1.807) is 6.07 Å². The average Bonchev–Trinajstić information content (AvgIpc) is 2.17. The van der Waals surface area contributed by atoms with E-state index in [4.69, 9.17) is 4.74 Å². The Balaban J connectivity index is 2.90. The molecule has 0 amide bonds. The van der Waals surface area contributed by atoms with Crippen molar-refractivity contribution in [2.75, 3.05) is 7.11 Å². The molecule has 15 heavy (non-hydrogen) atoms. The van der Waals surface area contributed by atoms with Gasteiger partial charge < -0.3 is 14.9 Å². The molecule has 0 heterocycles. The number of Topliss-reactive ketones (excluding diaryl/α,β-unsaturated/α-hetero) is 1. The zero-order valence-electron chi connectivity index (χ0n) is 8.73. The van der Waals surface area contributed by atoms with Crippen molar-refractivity contribution in [2.45, 2.75) is 19.4 Å². The van der Waals surface area contributed by atoms with Gasteiger partial charge in [0.05, 0.1) is 13.2 Å². The summed E-state index contributed by atoms with van der Waals surface area (Å²) in [5, 5.41) is 19.0. The number of hydrogen-bond donors (Lipinski definition) is 2. The van der Waals surface area contributed by atoms with Crippen LogP contribution >= 0.6 is 0 Å². The second-order valence-electron chi connectivity index (χ2n) is 3.35. The molecule has 0 fully saturated rings. The minimum absolute atomic E-state index is 0.0104. The van der Waals surface area contributed by atoms with Crippen LogP contribution in [0.4, 0.5) is 0 Å². The number of carbonyl (C=O) groups excluding carboxylic acids is 1. The van der Waals surface area contributed by atoms with E-state index in [0.29, 0.717) is 5.56 Å². The van der Waals surface area contributed by atoms with E-state index >= 15 is 0 Å². The third-order valence-corrected chi connectivity index (χ3v) is 2.07. The number of carbonyl (C=O) groups is 1. The molecule has 1 atom stereocenters. The number of aliphatic hydroxyl groups excluding tert-OH is 1. The Bertz CT molecular complexity index is 360. The Morgan fingerprint density at radius 2 is 2.20 bits per heavy atom. The van der Waals surface area contributed by atoms with E-state index in [1.165, 1.54) is 26.2 Å². The number of aromatic hydroxyl groups is 1.